The van der Waals surface area contributed by atoms with Gasteiger partial charge in [-0.2, -0.15) is 0 Å². The smallest absolute Gasteiger partial charge is 0.0685 e. The Morgan fingerprint density at radius 2 is 1.95 bits per heavy atom. The molecule has 2 nitrogen and oxygen atoms in total. The summed E-state index contributed by atoms with van der Waals surface area (Å²) in [6, 6.07) is 0.780. The van der Waals surface area contributed by atoms with Gasteiger partial charge in [-0.05, 0) is 69.2 Å². The van der Waals surface area contributed by atoms with Crippen molar-refractivity contribution >= 4 is 0 Å². The van der Waals surface area contributed by atoms with Crippen molar-refractivity contribution in [3.63, 3.8) is 0 Å². The largest absolute Gasteiger partial charge is 0.375 e. The van der Waals surface area contributed by atoms with E-state index in [0.717, 1.165) is 30.4 Å². The van der Waals surface area contributed by atoms with Crippen LogP contribution in [0.3, 0.4) is 0 Å². The molecule has 1 saturated heterocycles. The minimum atomic E-state index is 0.303. The summed E-state index contributed by atoms with van der Waals surface area (Å²) in [6.07, 6.45) is 12.2. The van der Waals surface area contributed by atoms with Gasteiger partial charge in [0.2, 0.25) is 0 Å². The lowest BCUT2D eigenvalue weighted by atomic mass is 9.74. The lowest BCUT2D eigenvalue weighted by molar-refractivity contribution is -0.104. The van der Waals surface area contributed by atoms with Crippen LogP contribution in [0.5, 0.6) is 0 Å². The molecule has 4 unspecified atom stereocenters. The van der Waals surface area contributed by atoms with E-state index in [1.807, 2.05) is 0 Å². The second-order valence-electron chi connectivity index (χ2n) is 7.65. The fraction of sp³-hybridized carbons (Fsp3) is 1.00. The van der Waals surface area contributed by atoms with Gasteiger partial charge in [0.1, 0.15) is 0 Å². The Hall–Kier alpha value is -0.0800. The number of hydrogen-bond acceptors (Lipinski definition) is 2. The van der Waals surface area contributed by atoms with Crippen LogP contribution in [0.25, 0.3) is 0 Å². The number of hydrogen-bond donors (Lipinski definition) is 1. The standard InChI is InChI=1S/C18H33NO/c1-3-11-19-17-7-6-16(14(17)2)15-8-12-20-18(13-15)9-4-5-10-18/h14-17,19H,3-13H2,1-2H3. The third-order valence-electron chi connectivity index (χ3n) is 6.43. The summed E-state index contributed by atoms with van der Waals surface area (Å²) < 4.78 is 6.23. The molecule has 0 amide bonds. The summed E-state index contributed by atoms with van der Waals surface area (Å²) in [4.78, 5) is 0. The molecule has 3 aliphatic rings. The molecule has 1 aliphatic heterocycles. The predicted molar refractivity (Wildman–Crippen MR) is 83.8 cm³/mol. The van der Waals surface area contributed by atoms with Crippen molar-refractivity contribution in [3.8, 4) is 0 Å². The van der Waals surface area contributed by atoms with Gasteiger partial charge in [-0.15, -0.1) is 0 Å². The fourth-order valence-corrected chi connectivity index (χ4v) is 5.28. The Balaban J connectivity index is 1.58. The van der Waals surface area contributed by atoms with Crippen LogP contribution in [0, 0.1) is 17.8 Å². The highest BCUT2D eigenvalue weighted by Gasteiger charge is 2.45. The van der Waals surface area contributed by atoms with Gasteiger partial charge in [0.05, 0.1) is 5.60 Å². The first kappa shape index (κ1) is 14.8. The highest BCUT2D eigenvalue weighted by Crippen LogP contribution is 2.48. The van der Waals surface area contributed by atoms with Crippen molar-refractivity contribution in [2.24, 2.45) is 17.8 Å². The average Bonchev–Trinajstić information content (AvgIpc) is 3.04. The number of nitrogens with one attached hydrogen (secondary N) is 1. The van der Waals surface area contributed by atoms with E-state index in [9.17, 15) is 0 Å². The molecule has 0 bridgehead atoms. The van der Waals surface area contributed by atoms with Crippen LogP contribution >= 0.6 is 0 Å². The predicted octanol–water partition coefficient (Wildman–Crippen LogP) is 4.14. The zero-order chi connectivity index (χ0) is 14.0. The molecule has 1 N–H and O–H groups in total. The Labute approximate surface area is 125 Å². The molecule has 1 heterocycles. The monoisotopic (exact) mass is 279 g/mol. The van der Waals surface area contributed by atoms with Gasteiger partial charge in [0, 0.05) is 12.6 Å². The number of ether oxygens (including phenoxy) is 1. The normalized spacial score (nSPS) is 40.5. The first-order valence-electron chi connectivity index (χ1n) is 9.11. The van der Waals surface area contributed by atoms with Crippen molar-refractivity contribution < 1.29 is 4.74 Å². The first-order valence-corrected chi connectivity index (χ1v) is 9.11. The van der Waals surface area contributed by atoms with Crippen LogP contribution < -0.4 is 5.32 Å². The molecule has 0 aromatic heterocycles. The zero-order valence-corrected chi connectivity index (χ0v) is 13.5. The summed E-state index contributed by atoms with van der Waals surface area (Å²) in [5.74, 6) is 2.75. The Morgan fingerprint density at radius 1 is 1.15 bits per heavy atom. The van der Waals surface area contributed by atoms with E-state index < -0.39 is 0 Å². The molecule has 0 aromatic rings. The second kappa shape index (κ2) is 6.36. The Bertz CT molecular complexity index is 311. The molecule has 1 spiro atoms. The highest BCUT2D eigenvalue weighted by molar-refractivity contribution is 4.97. The maximum atomic E-state index is 6.23. The molecule has 0 aromatic carbocycles. The molecule has 116 valence electrons. The van der Waals surface area contributed by atoms with Gasteiger partial charge in [-0.3, -0.25) is 0 Å². The first-order chi connectivity index (χ1) is 9.74. The molecule has 2 saturated carbocycles. The lowest BCUT2D eigenvalue weighted by Crippen LogP contribution is -2.41. The third-order valence-corrected chi connectivity index (χ3v) is 6.43. The summed E-state index contributed by atoms with van der Waals surface area (Å²) in [6.45, 7) is 6.99. The van der Waals surface area contributed by atoms with Crippen LogP contribution in [0.4, 0.5) is 0 Å². The maximum Gasteiger partial charge on any atom is 0.0685 e. The van der Waals surface area contributed by atoms with Crippen molar-refractivity contribution in [1.29, 1.82) is 0 Å². The van der Waals surface area contributed by atoms with E-state index in [2.05, 4.69) is 19.2 Å². The summed E-state index contributed by atoms with van der Waals surface area (Å²) >= 11 is 0. The highest BCUT2D eigenvalue weighted by atomic mass is 16.5. The van der Waals surface area contributed by atoms with Crippen molar-refractivity contribution in [2.45, 2.75) is 83.3 Å². The minimum Gasteiger partial charge on any atom is -0.375 e. The Morgan fingerprint density at radius 3 is 2.70 bits per heavy atom. The van der Waals surface area contributed by atoms with Crippen LogP contribution in [-0.2, 0) is 4.74 Å². The van der Waals surface area contributed by atoms with Crippen LogP contribution in [-0.4, -0.2) is 24.8 Å². The molecular formula is C18H33NO. The minimum absolute atomic E-state index is 0.303. The third kappa shape index (κ3) is 2.92. The summed E-state index contributed by atoms with van der Waals surface area (Å²) in [5, 5.41) is 3.78. The summed E-state index contributed by atoms with van der Waals surface area (Å²) in [7, 11) is 0. The van der Waals surface area contributed by atoms with Gasteiger partial charge in [-0.1, -0.05) is 26.7 Å². The van der Waals surface area contributed by atoms with Crippen molar-refractivity contribution in [2.75, 3.05) is 13.2 Å². The van der Waals surface area contributed by atoms with E-state index in [-0.39, 0.29) is 0 Å². The van der Waals surface area contributed by atoms with Crippen molar-refractivity contribution in [1.82, 2.24) is 5.32 Å². The van der Waals surface area contributed by atoms with E-state index in [0.29, 0.717) is 5.60 Å². The SMILES string of the molecule is CCCNC1CCC(C2CCOC3(CCCC3)C2)C1C. The molecule has 0 radical (unpaired) electrons. The maximum absolute atomic E-state index is 6.23. The molecule has 4 atom stereocenters. The van der Waals surface area contributed by atoms with Crippen LogP contribution in [0.2, 0.25) is 0 Å². The van der Waals surface area contributed by atoms with E-state index in [4.69, 9.17) is 4.74 Å². The molecule has 20 heavy (non-hydrogen) atoms. The molecule has 2 heteroatoms. The van der Waals surface area contributed by atoms with Crippen LogP contribution in [0.1, 0.15) is 71.6 Å². The van der Waals surface area contributed by atoms with Gasteiger partial charge < -0.3 is 10.1 Å². The molecule has 3 rings (SSSR count). The van der Waals surface area contributed by atoms with E-state index in [1.165, 1.54) is 64.3 Å². The van der Waals surface area contributed by atoms with E-state index in [1.54, 1.807) is 0 Å². The average molecular weight is 279 g/mol. The lowest BCUT2D eigenvalue weighted by Gasteiger charge is -2.42. The van der Waals surface area contributed by atoms with Gasteiger partial charge in [0.25, 0.3) is 0 Å². The molecule has 2 aliphatic carbocycles. The molecule has 3 fully saturated rings. The summed E-state index contributed by atoms with van der Waals surface area (Å²) in [5.41, 5.74) is 0.303. The quantitative estimate of drug-likeness (QED) is 0.835. The van der Waals surface area contributed by atoms with Crippen molar-refractivity contribution in [3.05, 3.63) is 0 Å². The van der Waals surface area contributed by atoms with E-state index >= 15 is 0 Å². The number of rotatable bonds is 4. The fourth-order valence-electron chi connectivity index (χ4n) is 5.28. The van der Waals surface area contributed by atoms with Gasteiger partial charge in [-0.25, -0.2) is 0 Å². The molecular weight excluding hydrogens is 246 g/mol. The van der Waals surface area contributed by atoms with Gasteiger partial charge in [0.15, 0.2) is 0 Å². The Kier molecular flexibility index (Phi) is 4.72. The van der Waals surface area contributed by atoms with Crippen LogP contribution in [0.15, 0.2) is 0 Å². The topological polar surface area (TPSA) is 21.3 Å². The second-order valence-corrected chi connectivity index (χ2v) is 7.65. The zero-order valence-electron chi connectivity index (χ0n) is 13.5. The van der Waals surface area contributed by atoms with Gasteiger partial charge >= 0.3 is 0 Å².